The van der Waals surface area contributed by atoms with Crippen LogP contribution in [-0.2, 0) is 19.4 Å². The van der Waals surface area contributed by atoms with Gasteiger partial charge in [0.1, 0.15) is 0 Å². The van der Waals surface area contributed by atoms with E-state index in [0.717, 1.165) is 25.8 Å². The SMILES string of the molecule is CCCCN(C(=O)C(C)N(C)CCCOC)C1CCS(=O)(=O)C1. The molecule has 6 nitrogen and oxygen atoms in total. The molecule has 1 saturated heterocycles. The Morgan fingerprint density at radius 1 is 1.30 bits per heavy atom. The smallest absolute Gasteiger partial charge is 0.239 e. The fourth-order valence-corrected chi connectivity index (χ4v) is 4.63. The zero-order valence-electron chi connectivity index (χ0n) is 15.0. The van der Waals surface area contributed by atoms with Gasteiger partial charge >= 0.3 is 0 Å². The molecule has 0 aliphatic carbocycles. The minimum Gasteiger partial charge on any atom is -0.385 e. The number of ether oxygens (including phenoxy) is 1. The molecule has 136 valence electrons. The first-order valence-corrected chi connectivity index (χ1v) is 10.3. The molecule has 0 aromatic heterocycles. The third-order valence-corrected chi connectivity index (χ3v) is 6.31. The van der Waals surface area contributed by atoms with E-state index in [4.69, 9.17) is 4.74 Å². The first-order valence-electron chi connectivity index (χ1n) is 8.52. The van der Waals surface area contributed by atoms with Crippen LogP contribution in [0.1, 0.15) is 39.5 Å². The number of methoxy groups -OCH3 is 1. The van der Waals surface area contributed by atoms with Gasteiger partial charge in [0.2, 0.25) is 5.91 Å². The van der Waals surface area contributed by atoms with E-state index >= 15 is 0 Å². The van der Waals surface area contributed by atoms with E-state index in [1.807, 2.05) is 23.8 Å². The lowest BCUT2D eigenvalue weighted by Gasteiger charge is -2.34. The van der Waals surface area contributed by atoms with Crippen LogP contribution in [0.3, 0.4) is 0 Å². The first-order chi connectivity index (χ1) is 10.8. The molecule has 0 N–H and O–H groups in total. The fraction of sp³-hybridized carbons (Fsp3) is 0.938. The Morgan fingerprint density at radius 3 is 2.52 bits per heavy atom. The highest BCUT2D eigenvalue weighted by atomic mass is 32.2. The molecule has 1 fully saturated rings. The van der Waals surface area contributed by atoms with Gasteiger partial charge in [-0.3, -0.25) is 9.69 Å². The van der Waals surface area contributed by atoms with Gasteiger partial charge in [-0.2, -0.15) is 0 Å². The molecule has 0 saturated carbocycles. The molecule has 1 aliphatic rings. The summed E-state index contributed by atoms with van der Waals surface area (Å²) < 4.78 is 28.6. The number of hydrogen-bond acceptors (Lipinski definition) is 5. The van der Waals surface area contributed by atoms with E-state index in [9.17, 15) is 13.2 Å². The number of unbranched alkanes of at least 4 members (excludes halogenated alkanes) is 1. The molecule has 0 aromatic rings. The second-order valence-corrected chi connectivity index (χ2v) is 8.67. The molecule has 0 bridgehead atoms. The van der Waals surface area contributed by atoms with Crippen LogP contribution < -0.4 is 0 Å². The van der Waals surface area contributed by atoms with E-state index in [1.165, 1.54) is 0 Å². The van der Waals surface area contributed by atoms with Gasteiger partial charge in [0.05, 0.1) is 17.5 Å². The number of sulfone groups is 1. The topological polar surface area (TPSA) is 66.9 Å². The summed E-state index contributed by atoms with van der Waals surface area (Å²) in [7, 11) is 0.614. The maximum atomic E-state index is 12.9. The molecule has 2 atom stereocenters. The van der Waals surface area contributed by atoms with Crippen LogP contribution in [0.25, 0.3) is 0 Å². The van der Waals surface area contributed by atoms with Crippen molar-refractivity contribution >= 4 is 15.7 Å². The van der Waals surface area contributed by atoms with Gasteiger partial charge in [-0.15, -0.1) is 0 Å². The number of nitrogens with zero attached hydrogens (tertiary/aromatic N) is 2. The van der Waals surface area contributed by atoms with Gasteiger partial charge < -0.3 is 9.64 Å². The molecule has 0 radical (unpaired) electrons. The monoisotopic (exact) mass is 348 g/mol. The highest BCUT2D eigenvalue weighted by Gasteiger charge is 2.36. The van der Waals surface area contributed by atoms with Gasteiger partial charge in [0.15, 0.2) is 9.84 Å². The Balaban J connectivity index is 2.71. The van der Waals surface area contributed by atoms with Crippen molar-refractivity contribution in [2.24, 2.45) is 0 Å². The maximum Gasteiger partial charge on any atom is 0.239 e. The average molecular weight is 349 g/mol. The summed E-state index contributed by atoms with van der Waals surface area (Å²) in [4.78, 5) is 16.7. The molecule has 0 spiro atoms. The van der Waals surface area contributed by atoms with Gasteiger partial charge in [0.25, 0.3) is 0 Å². The number of rotatable bonds is 10. The van der Waals surface area contributed by atoms with E-state index in [2.05, 4.69) is 6.92 Å². The van der Waals surface area contributed by atoms with Crippen molar-refractivity contribution < 1.29 is 17.9 Å². The molecule has 7 heteroatoms. The largest absolute Gasteiger partial charge is 0.385 e. The lowest BCUT2D eigenvalue weighted by molar-refractivity contribution is -0.138. The Kier molecular flexibility index (Phi) is 8.50. The summed E-state index contributed by atoms with van der Waals surface area (Å²) >= 11 is 0. The van der Waals surface area contributed by atoms with E-state index in [-0.39, 0.29) is 29.5 Å². The first kappa shape index (κ1) is 20.4. The van der Waals surface area contributed by atoms with E-state index < -0.39 is 9.84 Å². The minimum absolute atomic E-state index is 0.0421. The highest BCUT2D eigenvalue weighted by molar-refractivity contribution is 7.91. The second-order valence-electron chi connectivity index (χ2n) is 6.44. The zero-order valence-corrected chi connectivity index (χ0v) is 15.8. The molecule has 23 heavy (non-hydrogen) atoms. The van der Waals surface area contributed by atoms with Crippen molar-refractivity contribution in [2.75, 3.05) is 45.4 Å². The predicted octanol–water partition coefficient (Wildman–Crippen LogP) is 1.16. The third kappa shape index (κ3) is 6.39. The molecule has 1 heterocycles. The standard InChI is InChI=1S/C16H32N2O4S/c1-5-6-10-18(15-8-12-23(20,21)13-15)16(19)14(2)17(3)9-7-11-22-4/h14-15H,5-13H2,1-4H3. The van der Waals surface area contributed by atoms with E-state index in [0.29, 0.717) is 19.6 Å². The molecule has 0 aromatic carbocycles. The number of amides is 1. The van der Waals surface area contributed by atoms with E-state index in [1.54, 1.807) is 7.11 Å². The molecular weight excluding hydrogens is 316 g/mol. The average Bonchev–Trinajstić information content (AvgIpc) is 2.86. The van der Waals surface area contributed by atoms with Crippen LogP contribution >= 0.6 is 0 Å². The number of hydrogen-bond donors (Lipinski definition) is 0. The molecule has 2 unspecified atom stereocenters. The Bertz CT molecular complexity index is 467. The van der Waals surface area contributed by atoms with Gasteiger partial charge in [-0.05, 0) is 33.2 Å². The summed E-state index contributed by atoms with van der Waals surface area (Å²) in [6, 6.07) is -0.402. The zero-order chi connectivity index (χ0) is 17.5. The Hall–Kier alpha value is -0.660. The summed E-state index contributed by atoms with van der Waals surface area (Å²) in [5.74, 6) is 0.356. The maximum absolute atomic E-state index is 12.9. The molecule has 1 rings (SSSR count). The van der Waals surface area contributed by atoms with Crippen LogP contribution in [0, 0.1) is 0 Å². The van der Waals surface area contributed by atoms with Crippen molar-refractivity contribution in [3.05, 3.63) is 0 Å². The summed E-state index contributed by atoms with van der Waals surface area (Å²) in [6.07, 6.45) is 3.33. The Labute approximate surface area is 141 Å². The highest BCUT2D eigenvalue weighted by Crippen LogP contribution is 2.20. The van der Waals surface area contributed by atoms with Crippen LogP contribution in [0.2, 0.25) is 0 Å². The second kappa shape index (κ2) is 9.59. The van der Waals surface area contributed by atoms with Gasteiger partial charge in [-0.1, -0.05) is 13.3 Å². The number of carbonyl (C=O) groups is 1. The molecular formula is C16H32N2O4S. The Morgan fingerprint density at radius 2 is 2.00 bits per heavy atom. The lowest BCUT2D eigenvalue weighted by atomic mass is 10.1. The van der Waals surface area contributed by atoms with Crippen LogP contribution in [0.4, 0.5) is 0 Å². The van der Waals surface area contributed by atoms with Gasteiger partial charge in [-0.25, -0.2) is 8.42 Å². The van der Waals surface area contributed by atoms with Crippen molar-refractivity contribution in [3.8, 4) is 0 Å². The number of carbonyl (C=O) groups excluding carboxylic acids is 1. The van der Waals surface area contributed by atoms with Crippen molar-refractivity contribution in [3.63, 3.8) is 0 Å². The van der Waals surface area contributed by atoms with Crippen molar-refractivity contribution in [1.29, 1.82) is 0 Å². The summed E-state index contributed by atoms with van der Waals surface area (Å²) in [5.41, 5.74) is 0. The van der Waals surface area contributed by atoms with Crippen LogP contribution in [-0.4, -0.2) is 81.6 Å². The molecule has 1 amide bonds. The lowest BCUT2D eigenvalue weighted by Crippen LogP contribution is -2.50. The predicted molar refractivity (Wildman–Crippen MR) is 92.3 cm³/mol. The molecule has 1 aliphatic heterocycles. The number of likely N-dealkylation sites (N-methyl/N-ethyl adjacent to an activating group) is 1. The van der Waals surface area contributed by atoms with Crippen molar-refractivity contribution in [1.82, 2.24) is 9.80 Å². The fourth-order valence-electron chi connectivity index (χ4n) is 2.90. The quantitative estimate of drug-likeness (QED) is 0.554. The minimum atomic E-state index is -2.99. The normalized spacial score (nSPS) is 21.5. The summed E-state index contributed by atoms with van der Waals surface area (Å²) in [6.45, 7) is 6.08. The van der Waals surface area contributed by atoms with Crippen LogP contribution in [0.5, 0.6) is 0 Å². The third-order valence-electron chi connectivity index (χ3n) is 4.56. The van der Waals surface area contributed by atoms with Gasteiger partial charge in [0, 0.05) is 32.8 Å². The van der Waals surface area contributed by atoms with Crippen LogP contribution in [0.15, 0.2) is 0 Å². The van der Waals surface area contributed by atoms with Crippen molar-refractivity contribution in [2.45, 2.75) is 51.6 Å². The summed E-state index contributed by atoms with van der Waals surface area (Å²) in [5, 5.41) is 0.